The molecule has 0 bridgehead atoms. The molecule has 0 spiro atoms. The summed E-state index contributed by atoms with van der Waals surface area (Å²) < 4.78 is 5.63. The van der Waals surface area contributed by atoms with E-state index in [1.807, 2.05) is 25.1 Å². The van der Waals surface area contributed by atoms with Gasteiger partial charge in [0.05, 0.1) is 5.92 Å². The molecule has 0 aliphatic carbocycles. The van der Waals surface area contributed by atoms with Gasteiger partial charge >= 0.3 is 5.97 Å². The Morgan fingerprint density at radius 3 is 2.78 bits per heavy atom. The van der Waals surface area contributed by atoms with E-state index in [1.54, 1.807) is 6.92 Å². The van der Waals surface area contributed by atoms with Gasteiger partial charge in [-0.05, 0) is 24.1 Å². The topological polar surface area (TPSA) is 63.3 Å². The molecule has 4 nitrogen and oxygen atoms in total. The smallest absolute Gasteiger partial charge is 0.307 e. The lowest BCUT2D eigenvalue weighted by Crippen LogP contribution is -2.16. The summed E-state index contributed by atoms with van der Waals surface area (Å²) in [6.07, 6.45) is 0.944. The molecule has 1 N–H and O–H groups in total. The summed E-state index contributed by atoms with van der Waals surface area (Å²) in [5.74, 6) is -1.09. The van der Waals surface area contributed by atoms with Crippen LogP contribution in [0.5, 0.6) is 0 Å². The van der Waals surface area contributed by atoms with Crippen molar-refractivity contribution in [1.82, 2.24) is 4.98 Å². The fourth-order valence-electron chi connectivity index (χ4n) is 1.83. The Bertz CT molecular complexity index is 573. The van der Waals surface area contributed by atoms with Crippen molar-refractivity contribution in [2.24, 2.45) is 5.92 Å². The maximum Gasteiger partial charge on any atom is 0.307 e. The summed E-state index contributed by atoms with van der Waals surface area (Å²) in [7, 11) is 0. The molecule has 4 heteroatoms. The number of carboxylic acids is 1. The second-order valence-electron chi connectivity index (χ2n) is 4.62. The number of hydrogen-bond donors (Lipinski definition) is 1. The van der Waals surface area contributed by atoms with Crippen molar-refractivity contribution in [1.29, 1.82) is 0 Å². The summed E-state index contributed by atoms with van der Waals surface area (Å²) >= 11 is 0. The van der Waals surface area contributed by atoms with Gasteiger partial charge in [-0.15, -0.1) is 0 Å². The van der Waals surface area contributed by atoms with E-state index in [9.17, 15) is 4.79 Å². The summed E-state index contributed by atoms with van der Waals surface area (Å²) in [5.41, 5.74) is 2.71. The average molecular weight is 247 g/mol. The van der Waals surface area contributed by atoms with Gasteiger partial charge in [-0.3, -0.25) is 4.79 Å². The predicted molar refractivity (Wildman–Crippen MR) is 68.6 cm³/mol. The van der Waals surface area contributed by atoms with Crippen LogP contribution in [0.2, 0.25) is 0 Å². The zero-order valence-corrected chi connectivity index (χ0v) is 10.8. The van der Waals surface area contributed by atoms with E-state index < -0.39 is 11.9 Å². The highest BCUT2D eigenvalue weighted by molar-refractivity contribution is 5.74. The zero-order chi connectivity index (χ0) is 13.3. The minimum atomic E-state index is -0.834. The Morgan fingerprint density at radius 2 is 2.17 bits per heavy atom. The number of fused-ring (bicyclic) bond motifs is 1. The highest BCUT2D eigenvalue weighted by atomic mass is 16.4. The normalized spacial score (nSPS) is 14.6. The molecule has 1 aromatic carbocycles. The SMILES string of the molecule is CCc1ccc2oc(C(C)C(C)C(=O)O)nc2c1. The third kappa shape index (κ3) is 2.23. The number of carboxylic acid groups (broad SMARTS) is 1. The number of nitrogens with zero attached hydrogens (tertiary/aromatic N) is 1. The van der Waals surface area contributed by atoms with Crippen LogP contribution in [-0.4, -0.2) is 16.1 Å². The van der Waals surface area contributed by atoms with E-state index in [1.165, 1.54) is 5.56 Å². The van der Waals surface area contributed by atoms with Crippen LogP contribution in [-0.2, 0) is 11.2 Å². The molecule has 0 aliphatic rings. The Morgan fingerprint density at radius 1 is 1.44 bits per heavy atom. The molecule has 2 atom stereocenters. The van der Waals surface area contributed by atoms with Crippen LogP contribution >= 0.6 is 0 Å². The lowest BCUT2D eigenvalue weighted by molar-refractivity contribution is -0.141. The number of rotatable bonds is 4. The third-order valence-electron chi connectivity index (χ3n) is 3.41. The second-order valence-corrected chi connectivity index (χ2v) is 4.62. The first-order valence-electron chi connectivity index (χ1n) is 6.15. The van der Waals surface area contributed by atoms with Crippen LogP contribution in [0.3, 0.4) is 0 Å². The molecule has 96 valence electrons. The minimum Gasteiger partial charge on any atom is -0.481 e. The van der Waals surface area contributed by atoms with Gasteiger partial charge in [-0.2, -0.15) is 0 Å². The van der Waals surface area contributed by atoms with Crippen molar-refractivity contribution in [2.75, 3.05) is 0 Å². The predicted octanol–water partition coefficient (Wildman–Crippen LogP) is 3.21. The third-order valence-corrected chi connectivity index (χ3v) is 3.41. The maximum atomic E-state index is 11.0. The molecule has 1 heterocycles. The van der Waals surface area contributed by atoms with E-state index in [4.69, 9.17) is 9.52 Å². The van der Waals surface area contributed by atoms with Crippen molar-refractivity contribution >= 4 is 17.1 Å². The number of carbonyl (C=O) groups is 1. The Balaban J connectivity index is 2.37. The maximum absolute atomic E-state index is 11.0. The summed E-state index contributed by atoms with van der Waals surface area (Å²) in [5, 5.41) is 9.00. The molecule has 0 amide bonds. The van der Waals surface area contributed by atoms with Gasteiger partial charge in [0.25, 0.3) is 0 Å². The number of aryl methyl sites for hydroxylation is 1. The Labute approximate surface area is 106 Å². The van der Waals surface area contributed by atoms with Crippen molar-refractivity contribution in [3.8, 4) is 0 Å². The van der Waals surface area contributed by atoms with Gasteiger partial charge in [0.15, 0.2) is 11.5 Å². The summed E-state index contributed by atoms with van der Waals surface area (Å²) in [4.78, 5) is 15.4. The van der Waals surface area contributed by atoms with Crippen LogP contribution < -0.4 is 0 Å². The van der Waals surface area contributed by atoms with Crippen LogP contribution in [0.1, 0.15) is 38.1 Å². The molecule has 18 heavy (non-hydrogen) atoms. The zero-order valence-electron chi connectivity index (χ0n) is 10.8. The van der Waals surface area contributed by atoms with E-state index in [0.717, 1.165) is 11.9 Å². The van der Waals surface area contributed by atoms with Crippen molar-refractivity contribution < 1.29 is 14.3 Å². The van der Waals surface area contributed by atoms with Crippen LogP contribution in [0.4, 0.5) is 0 Å². The first-order valence-corrected chi connectivity index (χ1v) is 6.15. The van der Waals surface area contributed by atoms with Gasteiger partial charge in [0, 0.05) is 5.92 Å². The first kappa shape index (κ1) is 12.6. The number of oxazole rings is 1. The largest absolute Gasteiger partial charge is 0.481 e. The molecule has 0 aliphatic heterocycles. The molecule has 0 radical (unpaired) electrons. The number of hydrogen-bond acceptors (Lipinski definition) is 3. The fourth-order valence-corrected chi connectivity index (χ4v) is 1.83. The van der Waals surface area contributed by atoms with Gasteiger partial charge in [-0.25, -0.2) is 4.98 Å². The molecule has 0 fully saturated rings. The summed E-state index contributed by atoms with van der Waals surface area (Å²) in [6, 6.07) is 5.88. The molecule has 2 rings (SSSR count). The molecular formula is C14H17NO3. The van der Waals surface area contributed by atoms with E-state index in [0.29, 0.717) is 11.5 Å². The second kappa shape index (κ2) is 4.80. The number of aliphatic carboxylic acids is 1. The molecular weight excluding hydrogens is 230 g/mol. The standard InChI is InChI=1S/C14H17NO3/c1-4-10-5-6-12-11(7-10)15-13(18-12)8(2)9(3)14(16)17/h5-9H,4H2,1-3H3,(H,16,17). The molecule has 2 aromatic rings. The molecule has 1 aromatic heterocycles. The van der Waals surface area contributed by atoms with E-state index in [2.05, 4.69) is 11.9 Å². The number of benzene rings is 1. The number of aromatic nitrogens is 1. The highest BCUT2D eigenvalue weighted by Crippen LogP contribution is 2.27. The average Bonchev–Trinajstić information content (AvgIpc) is 2.79. The highest BCUT2D eigenvalue weighted by Gasteiger charge is 2.25. The molecule has 2 unspecified atom stereocenters. The van der Waals surface area contributed by atoms with Gasteiger partial charge in [0.1, 0.15) is 5.52 Å². The van der Waals surface area contributed by atoms with E-state index >= 15 is 0 Å². The van der Waals surface area contributed by atoms with Gasteiger partial charge < -0.3 is 9.52 Å². The Hall–Kier alpha value is -1.84. The monoisotopic (exact) mass is 247 g/mol. The van der Waals surface area contributed by atoms with Crippen molar-refractivity contribution in [3.63, 3.8) is 0 Å². The quantitative estimate of drug-likeness (QED) is 0.901. The van der Waals surface area contributed by atoms with Crippen molar-refractivity contribution in [2.45, 2.75) is 33.1 Å². The van der Waals surface area contributed by atoms with Gasteiger partial charge in [-0.1, -0.05) is 26.8 Å². The van der Waals surface area contributed by atoms with Gasteiger partial charge in [0.2, 0.25) is 0 Å². The van der Waals surface area contributed by atoms with E-state index in [-0.39, 0.29) is 5.92 Å². The lowest BCUT2D eigenvalue weighted by atomic mass is 9.96. The van der Waals surface area contributed by atoms with Crippen LogP contribution in [0, 0.1) is 5.92 Å². The lowest BCUT2D eigenvalue weighted by Gasteiger charge is -2.11. The summed E-state index contributed by atoms with van der Waals surface area (Å²) in [6.45, 7) is 5.57. The van der Waals surface area contributed by atoms with Crippen LogP contribution in [0.25, 0.3) is 11.1 Å². The van der Waals surface area contributed by atoms with Crippen LogP contribution in [0.15, 0.2) is 22.6 Å². The minimum absolute atomic E-state index is 0.236. The van der Waals surface area contributed by atoms with Crippen molar-refractivity contribution in [3.05, 3.63) is 29.7 Å². The molecule has 0 saturated carbocycles. The fraction of sp³-hybridized carbons (Fsp3) is 0.429. The Kier molecular flexibility index (Phi) is 3.36. The molecule has 0 saturated heterocycles. The first-order chi connectivity index (χ1) is 8.52.